The lowest BCUT2D eigenvalue weighted by atomic mass is 10.4. The first-order valence-electron chi connectivity index (χ1n) is 4.31. The molecule has 0 heterocycles. The minimum Gasteiger partial charge on any atom is -0.171 e. The summed E-state index contributed by atoms with van der Waals surface area (Å²) < 4.78 is 36.2. The third-order valence-corrected chi connectivity index (χ3v) is 9.10. The molecular formula is C9H9Br2F3Si. The Morgan fingerprint density at radius 3 is 2.07 bits per heavy atom. The molecule has 6 heteroatoms. The Morgan fingerprint density at radius 1 is 1.07 bits per heavy atom. The third-order valence-electron chi connectivity index (χ3n) is 1.92. The van der Waals surface area contributed by atoms with Gasteiger partial charge in [-0.2, -0.15) is 13.2 Å². The Labute approximate surface area is 103 Å². The van der Waals surface area contributed by atoms with Crippen molar-refractivity contribution >= 4 is 41.1 Å². The van der Waals surface area contributed by atoms with Crippen molar-refractivity contribution < 1.29 is 13.2 Å². The van der Waals surface area contributed by atoms with Crippen LogP contribution in [0.3, 0.4) is 0 Å². The molecule has 0 spiro atoms. The van der Waals surface area contributed by atoms with E-state index >= 15 is 0 Å². The normalized spacial score (nSPS) is 12.9. The van der Waals surface area contributed by atoms with Gasteiger partial charge in [0.1, 0.15) is 0 Å². The molecular weight excluding hydrogens is 353 g/mol. The van der Waals surface area contributed by atoms with Crippen LogP contribution in [0.1, 0.15) is 6.42 Å². The van der Waals surface area contributed by atoms with Crippen molar-refractivity contribution in [1.82, 2.24) is 0 Å². The summed E-state index contributed by atoms with van der Waals surface area (Å²) in [5, 5.41) is -1.36. The zero-order chi connectivity index (χ0) is 11.5. The molecule has 0 aliphatic heterocycles. The molecule has 1 rings (SSSR count). The van der Waals surface area contributed by atoms with E-state index in [9.17, 15) is 13.2 Å². The van der Waals surface area contributed by atoms with Crippen LogP contribution in [0.5, 0.6) is 0 Å². The number of hydrogen-bond acceptors (Lipinski definition) is 0. The molecule has 15 heavy (non-hydrogen) atoms. The fraction of sp³-hybridized carbons (Fsp3) is 0.333. The highest BCUT2D eigenvalue weighted by Gasteiger charge is 2.36. The molecule has 0 saturated heterocycles. The number of alkyl halides is 3. The number of benzene rings is 1. The Bertz CT molecular complexity index is 311. The second kappa shape index (κ2) is 5.01. The van der Waals surface area contributed by atoms with E-state index < -0.39 is 17.9 Å². The van der Waals surface area contributed by atoms with Crippen LogP contribution in [0, 0.1) is 0 Å². The molecule has 0 aliphatic carbocycles. The number of rotatable bonds is 3. The maximum atomic E-state index is 12.1. The van der Waals surface area contributed by atoms with Crippen molar-refractivity contribution in [1.29, 1.82) is 0 Å². The standard InChI is InChI=1S/C9H9Br2F3Si/c10-15(11,7-6-9(12,13)14)8-4-2-1-3-5-8/h1-5H,6-7H2. The summed E-state index contributed by atoms with van der Waals surface area (Å²) in [7, 11) is 0. The second-order valence-electron chi connectivity index (χ2n) is 3.19. The van der Waals surface area contributed by atoms with E-state index in [2.05, 4.69) is 30.6 Å². The van der Waals surface area contributed by atoms with Crippen LogP contribution in [0.2, 0.25) is 6.04 Å². The Hall–Kier alpha value is 0.187. The largest absolute Gasteiger partial charge is 0.388 e. The summed E-state index contributed by atoms with van der Waals surface area (Å²) in [6.45, 7) is 0. The van der Waals surface area contributed by atoms with Gasteiger partial charge in [0, 0.05) is 6.42 Å². The van der Waals surface area contributed by atoms with Gasteiger partial charge in [-0.15, -0.1) is 30.6 Å². The lowest BCUT2D eigenvalue weighted by Gasteiger charge is -2.18. The molecule has 0 amide bonds. The molecule has 0 saturated carbocycles. The van der Waals surface area contributed by atoms with Gasteiger partial charge in [0.25, 0.3) is 0 Å². The highest BCUT2D eigenvalue weighted by molar-refractivity contribution is 9.51. The molecule has 0 radical (unpaired) electrons. The molecule has 1 aromatic carbocycles. The van der Waals surface area contributed by atoms with Crippen LogP contribution in [-0.2, 0) is 0 Å². The van der Waals surface area contributed by atoms with Crippen molar-refractivity contribution in [2.75, 3.05) is 0 Å². The summed E-state index contributed by atoms with van der Waals surface area (Å²) >= 11 is 6.80. The smallest absolute Gasteiger partial charge is 0.171 e. The summed E-state index contributed by atoms with van der Waals surface area (Å²) in [6.07, 6.45) is -4.85. The van der Waals surface area contributed by atoms with E-state index in [-0.39, 0.29) is 6.04 Å². The first kappa shape index (κ1) is 13.3. The van der Waals surface area contributed by atoms with Crippen molar-refractivity contribution in [3.63, 3.8) is 0 Å². The average molecular weight is 362 g/mol. The van der Waals surface area contributed by atoms with E-state index in [1.54, 1.807) is 0 Å². The predicted molar refractivity (Wildman–Crippen MR) is 65.2 cm³/mol. The minimum atomic E-state index is -4.09. The quantitative estimate of drug-likeness (QED) is 0.562. The van der Waals surface area contributed by atoms with Crippen molar-refractivity contribution in [2.24, 2.45) is 0 Å². The summed E-state index contributed by atoms with van der Waals surface area (Å²) in [5.41, 5.74) is 0. The average Bonchev–Trinajstić information content (AvgIpc) is 2.16. The van der Waals surface area contributed by atoms with Gasteiger partial charge in [-0.25, -0.2) is 0 Å². The molecule has 0 aromatic heterocycles. The molecule has 0 fully saturated rings. The van der Waals surface area contributed by atoms with E-state index in [1.165, 1.54) is 0 Å². The van der Waals surface area contributed by atoms with E-state index in [0.29, 0.717) is 0 Å². The molecule has 1 aromatic rings. The predicted octanol–water partition coefficient (Wildman–Crippen LogP) is 4.08. The number of halogens is 5. The van der Waals surface area contributed by atoms with Crippen LogP contribution in [0.15, 0.2) is 30.3 Å². The topological polar surface area (TPSA) is 0 Å². The van der Waals surface area contributed by atoms with E-state index in [4.69, 9.17) is 0 Å². The summed E-state index contributed by atoms with van der Waals surface area (Å²) in [4.78, 5) is 0. The first-order chi connectivity index (χ1) is 6.81. The first-order valence-corrected chi connectivity index (χ1v) is 11.0. The van der Waals surface area contributed by atoms with Gasteiger partial charge in [0.05, 0.1) is 0 Å². The van der Waals surface area contributed by atoms with Gasteiger partial charge >= 0.3 is 6.18 Å². The zero-order valence-corrected chi connectivity index (χ0v) is 11.9. The van der Waals surface area contributed by atoms with Gasteiger partial charge < -0.3 is 0 Å². The molecule has 84 valence electrons. The fourth-order valence-corrected chi connectivity index (χ4v) is 5.47. The van der Waals surface area contributed by atoms with E-state index in [0.717, 1.165) is 5.19 Å². The van der Waals surface area contributed by atoms with E-state index in [1.807, 2.05) is 30.3 Å². The second-order valence-corrected chi connectivity index (χ2v) is 17.0. The molecule has 0 N–H and O–H groups in total. The van der Waals surface area contributed by atoms with Crippen LogP contribution < -0.4 is 5.19 Å². The number of hydrogen-bond donors (Lipinski definition) is 0. The molecule has 0 unspecified atom stereocenters. The van der Waals surface area contributed by atoms with Crippen molar-refractivity contribution in [3.05, 3.63) is 30.3 Å². The minimum absolute atomic E-state index is 0.0977. The lowest BCUT2D eigenvalue weighted by molar-refractivity contribution is -0.130. The Morgan fingerprint density at radius 2 is 1.60 bits per heavy atom. The molecule has 0 nitrogen and oxygen atoms in total. The fourth-order valence-electron chi connectivity index (χ4n) is 1.13. The summed E-state index contributed by atoms with van der Waals surface area (Å²) in [6, 6.07) is 9.27. The van der Waals surface area contributed by atoms with Crippen molar-refractivity contribution in [2.45, 2.75) is 18.6 Å². The van der Waals surface area contributed by atoms with Gasteiger partial charge in [0.2, 0.25) is 5.31 Å². The molecule has 0 atom stereocenters. The van der Waals surface area contributed by atoms with Crippen LogP contribution >= 0.6 is 30.6 Å². The lowest BCUT2D eigenvalue weighted by Crippen LogP contribution is -2.36. The maximum absolute atomic E-state index is 12.1. The monoisotopic (exact) mass is 360 g/mol. The van der Waals surface area contributed by atoms with Gasteiger partial charge in [-0.05, 0) is 11.2 Å². The Kier molecular flexibility index (Phi) is 4.43. The highest BCUT2D eigenvalue weighted by Crippen LogP contribution is 2.32. The molecule has 0 bridgehead atoms. The zero-order valence-electron chi connectivity index (χ0n) is 7.69. The SMILES string of the molecule is FC(F)(F)CC[Si](Br)(Br)c1ccccc1. The van der Waals surface area contributed by atoms with Crippen LogP contribution in [-0.4, -0.2) is 11.5 Å². The maximum Gasteiger partial charge on any atom is 0.388 e. The molecule has 0 aliphatic rings. The van der Waals surface area contributed by atoms with Crippen LogP contribution in [0.4, 0.5) is 13.2 Å². The van der Waals surface area contributed by atoms with Crippen molar-refractivity contribution in [3.8, 4) is 0 Å². The summed E-state index contributed by atoms with van der Waals surface area (Å²) in [5.74, 6) is 0. The Balaban J connectivity index is 2.68. The third kappa shape index (κ3) is 4.69. The van der Waals surface area contributed by atoms with Gasteiger partial charge in [-0.1, -0.05) is 30.3 Å². The highest BCUT2D eigenvalue weighted by atomic mass is 79.9. The van der Waals surface area contributed by atoms with Gasteiger partial charge in [0.15, 0.2) is 0 Å². The van der Waals surface area contributed by atoms with Gasteiger partial charge in [-0.3, -0.25) is 0 Å². The van der Waals surface area contributed by atoms with Crippen LogP contribution in [0.25, 0.3) is 0 Å².